The molecule has 9 nitrogen and oxygen atoms in total. The van der Waals surface area contributed by atoms with E-state index in [1.165, 1.54) is 12.1 Å². The van der Waals surface area contributed by atoms with Crippen LogP contribution in [0.4, 0.5) is 29.5 Å². The van der Waals surface area contributed by atoms with E-state index in [4.69, 9.17) is 5.10 Å². The minimum atomic E-state index is -4.75. The van der Waals surface area contributed by atoms with Crippen molar-refractivity contribution < 1.29 is 22.7 Å². The summed E-state index contributed by atoms with van der Waals surface area (Å²) in [5.74, 6) is 1.79. The second-order valence-electron chi connectivity index (χ2n) is 7.77. The molecule has 1 aliphatic carbocycles. The molecule has 32 heavy (non-hydrogen) atoms. The fourth-order valence-electron chi connectivity index (χ4n) is 3.64. The topological polar surface area (TPSA) is 87.9 Å². The van der Waals surface area contributed by atoms with Gasteiger partial charge in [-0.2, -0.15) is 4.52 Å². The number of nitrogens with one attached hydrogen (secondary N) is 1. The summed E-state index contributed by atoms with van der Waals surface area (Å²) in [6.07, 6.45) is -2.53. The molecule has 0 atom stereocenters. The number of halogens is 3. The number of urea groups is 1. The Morgan fingerprint density at radius 1 is 1.00 bits per heavy atom. The zero-order valence-electron chi connectivity index (χ0n) is 16.9. The fourth-order valence-corrected chi connectivity index (χ4v) is 3.64. The molecule has 1 aliphatic heterocycles. The van der Waals surface area contributed by atoms with Gasteiger partial charge in [-0.05, 0) is 49.2 Å². The zero-order valence-corrected chi connectivity index (χ0v) is 16.9. The molecule has 2 aromatic heterocycles. The normalized spacial score (nSPS) is 17.0. The third-order valence-electron chi connectivity index (χ3n) is 5.45. The molecule has 1 saturated carbocycles. The van der Waals surface area contributed by atoms with E-state index in [2.05, 4.69) is 25.2 Å². The lowest BCUT2D eigenvalue weighted by molar-refractivity contribution is -0.274. The van der Waals surface area contributed by atoms with Crippen molar-refractivity contribution >= 4 is 23.2 Å². The number of hydrogen-bond acceptors (Lipinski definition) is 6. The van der Waals surface area contributed by atoms with Crippen molar-refractivity contribution in [3.05, 3.63) is 42.2 Å². The number of amides is 2. The summed E-state index contributed by atoms with van der Waals surface area (Å²) in [6.45, 7) is 2.17. The van der Waals surface area contributed by atoms with Crippen LogP contribution < -0.4 is 15.0 Å². The van der Waals surface area contributed by atoms with Crippen molar-refractivity contribution in [2.45, 2.75) is 25.1 Å². The molecule has 2 aliphatic rings. The van der Waals surface area contributed by atoms with Gasteiger partial charge in [-0.1, -0.05) is 0 Å². The van der Waals surface area contributed by atoms with Crippen LogP contribution in [0.3, 0.4) is 0 Å². The monoisotopic (exact) mass is 447 g/mol. The van der Waals surface area contributed by atoms with Gasteiger partial charge in [0, 0.05) is 37.8 Å². The van der Waals surface area contributed by atoms with E-state index in [0.717, 1.165) is 42.3 Å². The summed E-state index contributed by atoms with van der Waals surface area (Å²) in [5, 5.41) is 15.8. The summed E-state index contributed by atoms with van der Waals surface area (Å²) in [4.78, 5) is 16.3. The lowest BCUT2D eigenvalue weighted by Crippen LogP contribution is -2.50. The first-order chi connectivity index (χ1) is 15.4. The number of carbonyl (C=O) groups excluding carboxylic acids is 1. The van der Waals surface area contributed by atoms with Crippen LogP contribution in [0.5, 0.6) is 5.75 Å². The maximum Gasteiger partial charge on any atom is 0.573 e. The SMILES string of the molecule is O=C(Nc1ccc(OC(F)(F)F)cc1)N1CCN(c2ccc3nnc(C4CC4)n3n2)CC1. The molecule has 12 heteroatoms. The largest absolute Gasteiger partial charge is 0.573 e. The number of fused-ring (bicyclic) bond motifs is 1. The molecule has 1 saturated heterocycles. The molecule has 3 aromatic rings. The van der Waals surface area contributed by atoms with Crippen LogP contribution in [-0.2, 0) is 0 Å². The highest BCUT2D eigenvalue weighted by Crippen LogP contribution is 2.38. The first-order valence-electron chi connectivity index (χ1n) is 10.2. The first kappa shape index (κ1) is 20.3. The number of anilines is 2. The molecule has 0 unspecified atom stereocenters. The molecule has 5 rings (SSSR count). The number of rotatable bonds is 4. The van der Waals surface area contributed by atoms with Crippen molar-refractivity contribution in [2.75, 3.05) is 36.4 Å². The van der Waals surface area contributed by atoms with Crippen LogP contribution in [0, 0.1) is 0 Å². The Bertz CT molecular complexity index is 1120. The molecular weight excluding hydrogens is 427 g/mol. The van der Waals surface area contributed by atoms with E-state index in [0.29, 0.717) is 37.8 Å². The lowest BCUT2D eigenvalue weighted by atomic mass is 10.3. The molecule has 0 spiro atoms. The zero-order chi connectivity index (χ0) is 22.3. The standard InChI is InChI=1S/C20H20F3N7O2/c21-20(22,23)32-15-5-3-14(4-6-15)24-19(31)29-11-9-28(10-12-29)17-8-7-16-25-26-18(13-1-2-13)30(16)27-17/h3-8,13H,1-2,9-12H2,(H,24,31). The Morgan fingerprint density at radius 3 is 2.38 bits per heavy atom. The lowest BCUT2D eigenvalue weighted by Gasteiger charge is -2.35. The van der Waals surface area contributed by atoms with E-state index in [-0.39, 0.29) is 11.8 Å². The number of alkyl halides is 3. The molecule has 2 amide bonds. The molecule has 168 valence electrons. The van der Waals surface area contributed by atoms with Gasteiger partial charge < -0.3 is 19.9 Å². The van der Waals surface area contributed by atoms with Crippen LogP contribution in [0.1, 0.15) is 24.6 Å². The van der Waals surface area contributed by atoms with Gasteiger partial charge in [0.15, 0.2) is 11.5 Å². The van der Waals surface area contributed by atoms with Gasteiger partial charge in [0.1, 0.15) is 11.6 Å². The van der Waals surface area contributed by atoms with Crippen LogP contribution >= 0.6 is 0 Å². The second kappa shape index (κ2) is 7.84. The highest BCUT2D eigenvalue weighted by molar-refractivity contribution is 5.89. The summed E-state index contributed by atoms with van der Waals surface area (Å²) in [5.41, 5.74) is 1.11. The number of piperazine rings is 1. The smallest absolute Gasteiger partial charge is 0.406 e. The molecular formula is C20H20F3N7O2. The van der Waals surface area contributed by atoms with Crippen molar-refractivity contribution in [2.24, 2.45) is 0 Å². The third kappa shape index (κ3) is 4.39. The summed E-state index contributed by atoms with van der Waals surface area (Å²) < 4.78 is 42.4. The molecule has 0 bridgehead atoms. The number of hydrogen-bond donors (Lipinski definition) is 1. The van der Waals surface area contributed by atoms with Crippen molar-refractivity contribution in [3.63, 3.8) is 0 Å². The predicted octanol–water partition coefficient (Wildman–Crippen LogP) is 3.25. The fraction of sp³-hybridized carbons (Fsp3) is 0.400. The average molecular weight is 447 g/mol. The third-order valence-corrected chi connectivity index (χ3v) is 5.45. The number of carbonyl (C=O) groups is 1. The van der Waals surface area contributed by atoms with Crippen molar-refractivity contribution in [3.8, 4) is 5.75 Å². The predicted molar refractivity (Wildman–Crippen MR) is 109 cm³/mol. The Kier molecular flexibility index (Phi) is 4.98. The van der Waals surface area contributed by atoms with Crippen LogP contribution in [0.15, 0.2) is 36.4 Å². The highest BCUT2D eigenvalue weighted by atomic mass is 19.4. The molecule has 3 heterocycles. The second-order valence-corrected chi connectivity index (χ2v) is 7.77. The highest BCUT2D eigenvalue weighted by Gasteiger charge is 2.31. The Hall–Kier alpha value is -3.57. The van der Waals surface area contributed by atoms with Crippen LogP contribution in [0.25, 0.3) is 5.65 Å². The van der Waals surface area contributed by atoms with Gasteiger partial charge in [-0.3, -0.25) is 0 Å². The first-order valence-corrected chi connectivity index (χ1v) is 10.2. The Morgan fingerprint density at radius 2 is 1.72 bits per heavy atom. The van der Waals surface area contributed by atoms with Crippen molar-refractivity contribution in [1.82, 2.24) is 24.7 Å². The Balaban J connectivity index is 1.18. The molecule has 2 fully saturated rings. The molecule has 1 aromatic carbocycles. The van der Waals surface area contributed by atoms with E-state index in [1.807, 2.05) is 12.1 Å². The number of nitrogens with zero attached hydrogens (tertiary/aromatic N) is 6. The van der Waals surface area contributed by atoms with E-state index in [1.54, 1.807) is 9.42 Å². The number of aromatic nitrogens is 4. The van der Waals surface area contributed by atoms with Gasteiger partial charge in [0.25, 0.3) is 0 Å². The van der Waals surface area contributed by atoms with Gasteiger partial charge in [0.2, 0.25) is 0 Å². The van der Waals surface area contributed by atoms with Gasteiger partial charge in [-0.25, -0.2) is 4.79 Å². The van der Waals surface area contributed by atoms with Crippen LogP contribution in [0.2, 0.25) is 0 Å². The number of ether oxygens (including phenoxy) is 1. The average Bonchev–Trinajstić information content (AvgIpc) is 3.53. The maximum atomic E-state index is 12.5. The summed E-state index contributed by atoms with van der Waals surface area (Å²) in [7, 11) is 0. The van der Waals surface area contributed by atoms with E-state index < -0.39 is 6.36 Å². The minimum absolute atomic E-state index is 0.313. The summed E-state index contributed by atoms with van der Waals surface area (Å²) >= 11 is 0. The molecule has 1 N–H and O–H groups in total. The van der Waals surface area contributed by atoms with Crippen LogP contribution in [-0.4, -0.2) is 63.3 Å². The quantitative estimate of drug-likeness (QED) is 0.661. The maximum absolute atomic E-state index is 12.5. The molecule has 0 radical (unpaired) electrons. The van der Waals surface area contributed by atoms with Gasteiger partial charge >= 0.3 is 12.4 Å². The van der Waals surface area contributed by atoms with Gasteiger partial charge in [-0.15, -0.1) is 28.5 Å². The van der Waals surface area contributed by atoms with E-state index >= 15 is 0 Å². The Labute approximate surface area is 180 Å². The summed E-state index contributed by atoms with van der Waals surface area (Å²) in [6, 6.07) is 8.53. The minimum Gasteiger partial charge on any atom is -0.406 e. The van der Waals surface area contributed by atoms with Gasteiger partial charge in [0.05, 0.1) is 0 Å². The van der Waals surface area contributed by atoms with Crippen molar-refractivity contribution in [1.29, 1.82) is 0 Å². The number of benzene rings is 1. The van der Waals surface area contributed by atoms with E-state index in [9.17, 15) is 18.0 Å².